The van der Waals surface area contributed by atoms with E-state index in [-0.39, 0.29) is 5.82 Å². The number of nitrogens with one attached hydrogen (secondary N) is 2. The molecule has 0 aliphatic carbocycles. The second kappa shape index (κ2) is 6.23. The molecule has 2 nitrogen and oxygen atoms in total. The molecule has 2 N–H and O–H groups in total. The summed E-state index contributed by atoms with van der Waals surface area (Å²) in [5, 5.41) is 6.44. The lowest BCUT2D eigenvalue weighted by Crippen LogP contribution is -2.14. The summed E-state index contributed by atoms with van der Waals surface area (Å²) in [5.41, 5.74) is 4.13. The number of aryl methyl sites for hydroxylation is 2. The van der Waals surface area contributed by atoms with Gasteiger partial charge in [0.15, 0.2) is 0 Å². The molecule has 0 fully saturated rings. The van der Waals surface area contributed by atoms with Crippen LogP contribution in [0.2, 0.25) is 0 Å². The van der Waals surface area contributed by atoms with Gasteiger partial charge in [-0.3, -0.25) is 0 Å². The molecule has 0 saturated carbocycles. The summed E-state index contributed by atoms with van der Waals surface area (Å²) in [5.74, 6) is -0.214. The van der Waals surface area contributed by atoms with E-state index in [0.29, 0.717) is 12.2 Å². The first-order valence-corrected chi connectivity index (χ1v) is 6.46. The Morgan fingerprint density at radius 2 is 1.58 bits per heavy atom. The highest BCUT2D eigenvalue weighted by Gasteiger charge is 2.00. The first kappa shape index (κ1) is 13.4. The van der Waals surface area contributed by atoms with Crippen LogP contribution in [0.4, 0.5) is 15.8 Å². The molecule has 0 spiro atoms. The zero-order valence-corrected chi connectivity index (χ0v) is 11.3. The molecule has 0 amide bonds. The fourth-order valence-electron chi connectivity index (χ4n) is 1.93. The van der Waals surface area contributed by atoms with Crippen LogP contribution in [-0.4, -0.2) is 13.1 Å². The van der Waals surface area contributed by atoms with Crippen molar-refractivity contribution in [2.75, 3.05) is 23.7 Å². The van der Waals surface area contributed by atoms with E-state index < -0.39 is 0 Å². The molecule has 0 saturated heterocycles. The second-order valence-electron chi connectivity index (χ2n) is 4.65. The minimum Gasteiger partial charge on any atom is -0.383 e. The SMILES string of the molecule is Cc1ccc(C)c(NCCNc2ccccc2F)c1. The van der Waals surface area contributed by atoms with Crippen LogP contribution in [0.25, 0.3) is 0 Å². The van der Waals surface area contributed by atoms with Crippen molar-refractivity contribution in [1.82, 2.24) is 0 Å². The molecule has 100 valence electrons. The van der Waals surface area contributed by atoms with Crippen LogP contribution in [0.15, 0.2) is 42.5 Å². The largest absolute Gasteiger partial charge is 0.383 e. The average Bonchev–Trinajstić information content (AvgIpc) is 2.40. The summed E-state index contributed by atoms with van der Waals surface area (Å²) in [7, 11) is 0. The lowest BCUT2D eigenvalue weighted by Gasteiger charge is -2.12. The van der Waals surface area contributed by atoms with Crippen molar-refractivity contribution >= 4 is 11.4 Å². The molecule has 0 radical (unpaired) electrons. The summed E-state index contributed by atoms with van der Waals surface area (Å²) in [4.78, 5) is 0. The molecule has 0 unspecified atom stereocenters. The van der Waals surface area contributed by atoms with Crippen molar-refractivity contribution < 1.29 is 4.39 Å². The number of para-hydroxylation sites is 1. The Kier molecular flexibility index (Phi) is 4.39. The first-order valence-electron chi connectivity index (χ1n) is 6.46. The Balaban J connectivity index is 1.84. The van der Waals surface area contributed by atoms with Crippen LogP contribution in [0.3, 0.4) is 0 Å². The van der Waals surface area contributed by atoms with E-state index in [1.165, 1.54) is 17.2 Å². The quantitative estimate of drug-likeness (QED) is 0.793. The van der Waals surface area contributed by atoms with Crippen molar-refractivity contribution in [3.63, 3.8) is 0 Å². The standard InChI is InChI=1S/C16H19FN2/c1-12-7-8-13(2)16(11-12)19-10-9-18-15-6-4-3-5-14(15)17/h3-8,11,18-19H,9-10H2,1-2H3. The van der Waals surface area contributed by atoms with Crippen molar-refractivity contribution in [2.24, 2.45) is 0 Å². The van der Waals surface area contributed by atoms with Gasteiger partial charge in [-0.1, -0.05) is 24.3 Å². The van der Waals surface area contributed by atoms with Crippen molar-refractivity contribution in [3.8, 4) is 0 Å². The van der Waals surface area contributed by atoms with Gasteiger partial charge in [-0.15, -0.1) is 0 Å². The van der Waals surface area contributed by atoms with Gasteiger partial charge in [-0.05, 0) is 43.2 Å². The molecule has 0 bridgehead atoms. The molecule has 0 heterocycles. The maximum absolute atomic E-state index is 13.4. The predicted molar refractivity (Wildman–Crippen MR) is 79.3 cm³/mol. The third-order valence-corrected chi connectivity index (χ3v) is 3.02. The Morgan fingerprint density at radius 1 is 0.895 bits per heavy atom. The molecule has 2 rings (SSSR count). The molecule has 3 heteroatoms. The number of benzene rings is 2. The van der Waals surface area contributed by atoms with Gasteiger partial charge in [-0.2, -0.15) is 0 Å². The molecule has 0 atom stereocenters. The summed E-state index contributed by atoms with van der Waals surface area (Å²) in [6.07, 6.45) is 0. The molecule has 0 aliphatic rings. The first-order chi connectivity index (χ1) is 9.16. The Bertz CT molecular complexity index is 552. The lowest BCUT2D eigenvalue weighted by molar-refractivity contribution is 0.630. The average molecular weight is 258 g/mol. The number of halogens is 1. The van der Waals surface area contributed by atoms with E-state index >= 15 is 0 Å². The van der Waals surface area contributed by atoms with Gasteiger partial charge in [0.25, 0.3) is 0 Å². The molecule has 2 aromatic carbocycles. The Hall–Kier alpha value is -2.03. The number of hydrogen-bond acceptors (Lipinski definition) is 2. The van der Waals surface area contributed by atoms with Gasteiger partial charge < -0.3 is 10.6 Å². The van der Waals surface area contributed by atoms with E-state index in [9.17, 15) is 4.39 Å². The molecule has 0 aliphatic heterocycles. The van der Waals surface area contributed by atoms with Crippen LogP contribution in [0, 0.1) is 19.7 Å². The van der Waals surface area contributed by atoms with Crippen LogP contribution in [0.1, 0.15) is 11.1 Å². The summed E-state index contributed by atoms with van der Waals surface area (Å²) in [6, 6.07) is 13.0. The minimum atomic E-state index is -0.214. The van der Waals surface area contributed by atoms with E-state index in [1.54, 1.807) is 12.1 Å². The van der Waals surface area contributed by atoms with Gasteiger partial charge in [0.05, 0.1) is 5.69 Å². The fourth-order valence-corrected chi connectivity index (χ4v) is 1.93. The highest BCUT2D eigenvalue weighted by atomic mass is 19.1. The van der Waals surface area contributed by atoms with Crippen LogP contribution in [0.5, 0.6) is 0 Å². The van der Waals surface area contributed by atoms with E-state index in [0.717, 1.165) is 12.2 Å². The topological polar surface area (TPSA) is 24.1 Å². The van der Waals surface area contributed by atoms with Crippen molar-refractivity contribution in [3.05, 3.63) is 59.4 Å². The van der Waals surface area contributed by atoms with E-state index in [4.69, 9.17) is 0 Å². The van der Waals surface area contributed by atoms with Gasteiger partial charge >= 0.3 is 0 Å². The second-order valence-corrected chi connectivity index (χ2v) is 4.65. The third kappa shape index (κ3) is 3.71. The maximum atomic E-state index is 13.4. The zero-order valence-electron chi connectivity index (χ0n) is 11.3. The highest BCUT2D eigenvalue weighted by Crippen LogP contribution is 2.16. The normalized spacial score (nSPS) is 10.3. The van der Waals surface area contributed by atoms with E-state index in [2.05, 4.69) is 42.7 Å². The van der Waals surface area contributed by atoms with Gasteiger partial charge in [0.2, 0.25) is 0 Å². The fraction of sp³-hybridized carbons (Fsp3) is 0.250. The van der Waals surface area contributed by atoms with Gasteiger partial charge in [0, 0.05) is 18.8 Å². The molecule has 19 heavy (non-hydrogen) atoms. The monoisotopic (exact) mass is 258 g/mol. The third-order valence-electron chi connectivity index (χ3n) is 3.02. The highest BCUT2D eigenvalue weighted by molar-refractivity contribution is 5.52. The molecular formula is C16H19FN2. The molecule has 2 aromatic rings. The summed E-state index contributed by atoms with van der Waals surface area (Å²) >= 11 is 0. The lowest BCUT2D eigenvalue weighted by atomic mass is 10.1. The Morgan fingerprint density at radius 3 is 2.32 bits per heavy atom. The predicted octanol–water partition coefficient (Wildman–Crippen LogP) is 3.97. The van der Waals surface area contributed by atoms with Crippen molar-refractivity contribution in [2.45, 2.75) is 13.8 Å². The summed E-state index contributed by atoms with van der Waals surface area (Å²) < 4.78 is 13.4. The smallest absolute Gasteiger partial charge is 0.146 e. The summed E-state index contributed by atoms with van der Waals surface area (Å²) in [6.45, 7) is 5.57. The number of rotatable bonds is 5. The van der Waals surface area contributed by atoms with Crippen molar-refractivity contribution in [1.29, 1.82) is 0 Å². The van der Waals surface area contributed by atoms with Gasteiger partial charge in [0.1, 0.15) is 5.82 Å². The Labute approximate surface area is 113 Å². The maximum Gasteiger partial charge on any atom is 0.146 e. The molecular weight excluding hydrogens is 239 g/mol. The van der Waals surface area contributed by atoms with Crippen LogP contribution in [-0.2, 0) is 0 Å². The van der Waals surface area contributed by atoms with Crippen LogP contribution >= 0.6 is 0 Å². The number of anilines is 2. The van der Waals surface area contributed by atoms with Crippen LogP contribution < -0.4 is 10.6 Å². The van der Waals surface area contributed by atoms with Gasteiger partial charge in [-0.25, -0.2) is 4.39 Å². The zero-order chi connectivity index (χ0) is 13.7. The number of hydrogen-bond donors (Lipinski definition) is 2. The molecule has 0 aromatic heterocycles. The van der Waals surface area contributed by atoms with E-state index in [1.807, 2.05) is 6.07 Å². The minimum absolute atomic E-state index is 0.214.